The van der Waals surface area contributed by atoms with E-state index in [2.05, 4.69) is 39.0 Å². The Morgan fingerprint density at radius 2 is 1.97 bits per heavy atom. The predicted octanol–water partition coefficient (Wildman–Crippen LogP) is 2.96. The normalized spacial score (nSPS) is 22.7. The topological polar surface area (TPSA) is 107 Å². The molecule has 1 heterocycles. The zero-order chi connectivity index (χ0) is 21.0. The minimum atomic E-state index is -1.34. The third-order valence-corrected chi connectivity index (χ3v) is 7.56. The van der Waals surface area contributed by atoms with Crippen LogP contribution in [0.15, 0.2) is 22.7 Å². The zero-order valence-electron chi connectivity index (χ0n) is 16.9. The average molecular weight is 467 g/mol. The lowest BCUT2D eigenvalue weighted by atomic mass is 9.73. The van der Waals surface area contributed by atoms with Crippen molar-refractivity contribution in [2.45, 2.75) is 69.3 Å². The molecule has 0 radical (unpaired) electrons. The molecule has 1 aromatic rings. The molecule has 0 aromatic heterocycles. The summed E-state index contributed by atoms with van der Waals surface area (Å²) >= 11 is 3.69. The Bertz CT molecular complexity index is 712. The molecule has 2 aliphatic rings. The number of unbranched alkanes of at least 4 members (excludes halogenated alkanes) is 1. The molecule has 0 saturated carbocycles. The van der Waals surface area contributed by atoms with Crippen LogP contribution in [-0.4, -0.2) is 51.8 Å². The van der Waals surface area contributed by atoms with Crippen molar-refractivity contribution in [3.8, 4) is 0 Å². The van der Waals surface area contributed by atoms with Crippen LogP contribution in [-0.2, 0) is 11.2 Å². The fraction of sp³-hybridized carbons (Fsp3) is 0.667. The molecule has 0 spiro atoms. The van der Waals surface area contributed by atoms with Gasteiger partial charge in [0.15, 0.2) is 0 Å². The molecule has 5 N–H and O–H groups in total. The highest BCUT2D eigenvalue weighted by molar-refractivity contribution is 9.10. The summed E-state index contributed by atoms with van der Waals surface area (Å²) in [7, 11) is -1.34. The van der Waals surface area contributed by atoms with Gasteiger partial charge >= 0.3 is 13.1 Å². The molecule has 0 bridgehead atoms. The van der Waals surface area contributed by atoms with E-state index in [1.165, 1.54) is 22.0 Å². The van der Waals surface area contributed by atoms with Crippen molar-refractivity contribution in [2.75, 3.05) is 13.1 Å². The van der Waals surface area contributed by atoms with Crippen molar-refractivity contribution in [1.82, 2.24) is 4.90 Å². The lowest BCUT2D eigenvalue weighted by Crippen LogP contribution is -2.57. The first-order valence-electron chi connectivity index (χ1n) is 10.7. The average Bonchev–Trinajstić information content (AvgIpc) is 2.71. The molecule has 160 valence electrons. The summed E-state index contributed by atoms with van der Waals surface area (Å²) in [5.41, 5.74) is 7.99. The lowest BCUT2D eigenvalue weighted by molar-refractivity contribution is -0.147. The largest absolute Gasteiger partial charge is 0.480 e. The molecule has 3 rings (SSSR count). The number of likely N-dealkylation sites (tertiary alicyclic amines) is 1. The monoisotopic (exact) mass is 466 g/mol. The maximum atomic E-state index is 12.0. The first-order chi connectivity index (χ1) is 13.8. The van der Waals surface area contributed by atoms with E-state index in [0.717, 1.165) is 38.8 Å². The lowest BCUT2D eigenvalue weighted by Gasteiger charge is -2.44. The van der Waals surface area contributed by atoms with Crippen LogP contribution in [0.25, 0.3) is 0 Å². The highest BCUT2D eigenvalue weighted by atomic mass is 79.9. The van der Waals surface area contributed by atoms with Crippen LogP contribution in [0.5, 0.6) is 0 Å². The third kappa shape index (κ3) is 5.23. The number of aliphatic carboxylic acids is 1. The zero-order valence-corrected chi connectivity index (χ0v) is 18.5. The van der Waals surface area contributed by atoms with Crippen molar-refractivity contribution in [2.24, 2.45) is 11.7 Å². The quantitative estimate of drug-likeness (QED) is 0.346. The third-order valence-electron chi connectivity index (χ3n) is 6.82. The molecule has 0 amide bonds. The summed E-state index contributed by atoms with van der Waals surface area (Å²) in [6.07, 6.45) is 6.77. The number of benzene rings is 1. The maximum Gasteiger partial charge on any atom is 0.451 e. The number of halogens is 1. The van der Waals surface area contributed by atoms with Gasteiger partial charge in [0.25, 0.3) is 0 Å². The second-order valence-electron chi connectivity index (χ2n) is 8.60. The van der Waals surface area contributed by atoms with Crippen molar-refractivity contribution in [3.63, 3.8) is 0 Å². The summed E-state index contributed by atoms with van der Waals surface area (Å²) < 4.78 is 1.19. The molecule has 1 aliphatic heterocycles. The van der Waals surface area contributed by atoms with Gasteiger partial charge in [-0.25, -0.2) is 0 Å². The summed E-state index contributed by atoms with van der Waals surface area (Å²) in [5.74, 6) is -0.992. The van der Waals surface area contributed by atoms with E-state index in [1.54, 1.807) is 0 Å². The Morgan fingerprint density at radius 1 is 1.24 bits per heavy atom. The Labute approximate surface area is 181 Å². The van der Waals surface area contributed by atoms with E-state index < -0.39 is 18.6 Å². The fourth-order valence-corrected chi connectivity index (χ4v) is 5.69. The highest BCUT2D eigenvalue weighted by Gasteiger charge is 2.44. The van der Waals surface area contributed by atoms with Gasteiger partial charge in [-0.1, -0.05) is 40.9 Å². The molecule has 8 heteroatoms. The van der Waals surface area contributed by atoms with E-state index in [4.69, 9.17) is 15.8 Å². The maximum absolute atomic E-state index is 12.0. The van der Waals surface area contributed by atoms with Crippen LogP contribution in [0.2, 0.25) is 6.32 Å². The standard InChI is InChI=1S/C21H32BBrN2O4/c23-18-7-3-6-17-16(18)5-4-8-19(17)25-13-9-15(10-14-25)21(24,20(26)27)11-1-2-12-22(28)29/h3,6-7,15,19,28-29H,1-2,4-5,8-14,24H2,(H,26,27)/t19?,21-/m0/s1. The number of nitrogens with zero attached hydrogens (tertiary/aromatic N) is 1. The van der Waals surface area contributed by atoms with Crippen LogP contribution in [0.3, 0.4) is 0 Å². The Balaban J connectivity index is 1.62. The smallest absolute Gasteiger partial charge is 0.451 e. The number of piperidine rings is 1. The molecule has 2 atom stereocenters. The summed E-state index contributed by atoms with van der Waals surface area (Å²) in [6, 6.07) is 6.85. The number of carboxylic acid groups (broad SMARTS) is 1. The minimum absolute atomic E-state index is 0.0547. The van der Waals surface area contributed by atoms with Crippen LogP contribution in [0, 0.1) is 5.92 Å². The molecule has 1 aliphatic carbocycles. The van der Waals surface area contributed by atoms with E-state index in [1.807, 2.05) is 0 Å². The number of nitrogens with two attached hydrogens (primary N) is 1. The summed E-state index contributed by atoms with van der Waals surface area (Å²) in [4.78, 5) is 14.5. The predicted molar refractivity (Wildman–Crippen MR) is 118 cm³/mol. The van der Waals surface area contributed by atoms with Gasteiger partial charge in [-0.2, -0.15) is 0 Å². The van der Waals surface area contributed by atoms with Gasteiger partial charge in [0.05, 0.1) is 0 Å². The minimum Gasteiger partial charge on any atom is -0.480 e. The van der Waals surface area contributed by atoms with Gasteiger partial charge in [0, 0.05) is 10.5 Å². The number of hydrogen-bond donors (Lipinski definition) is 4. The van der Waals surface area contributed by atoms with Gasteiger partial charge in [0.1, 0.15) is 5.54 Å². The Morgan fingerprint density at radius 3 is 2.62 bits per heavy atom. The van der Waals surface area contributed by atoms with Gasteiger partial charge < -0.3 is 20.9 Å². The molecule has 6 nitrogen and oxygen atoms in total. The molecule has 29 heavy (non-hydrogen) atoms. The number of rotatable bonds is 8. The second kappa shape index (κ2) is 9.92. The van der Waals surface area contributed by atoms with E-state index in [0.29, 0.717) is 25.3 Å². The van der Waals surface area contributed by atoms with Crippen molar-refractivity contribution >= 4 is 29.0 Å². The number of fused-ring (bicyclic) bond motifs is 1. The van der Waals surface area contributed by atoms with Crippen molar-refractivity contribution < 1.29 is 19.9 Å². The molecule has 1 aromatic carbocycles. The molecule has 1 unspecified atom stereocenters. The first-order valence-corrected chi connectivity index (χ1v) is 11.5. The van der Waals surface area contributed by atoms with E-state index >= 15 is 0 Å². The second-order valence-corrected chi connectivity index (χ2v) is 9.45. The SMILES string of the molecule is N[C@](CCCCB(O)O)(C(=O)O)C1CCN(C2CCCc3c(Br)cccc32)CC1. The first kappa shape index (κ1) is 22.8. The molecular formula is C21H32BBrN2O4. The van der Waals surface area contributed by atoms with E-state index in [-0.39, 0.29) is 12.2 Å². The highest BCUT2D eigenvalue weighted by Crippen LogP contribution is 2.40. The number of carbonyl (C=O) groups is 1. The van der Waals surface area contributed by atoms with Crippen molar-refractivity contribution in [1.29, 1.82) is 0 Å². The number of carboxylic acids is 1. The van der Waals surface area contributed by atoms with Gasteiger partial charge in [-0.05, 0) is 81.0 Å². The molecule has 1 saturated heterocycles. The van der Waals surface area contributed by atoms with E-state index in [9.17, 15) is 9.90 Å². The van der Waals surface area contributed by atoms with Crippen LogP contribution in [0.4, 0.5) is 0 Å². The van der Waals surface area contributed by atoms with Crippen LogP contribution in [0.1, 0.15) is 62.1 Å². The fourth-order valence-electron chi connectivity index (χ4n) is 5.11. The van der Waals surface area contributed by atoms with Crippen LogP contribution < -0.4 is 5.73 Å². The Kier molecular flexibility index (Phi) is 7.78. The van der Waals surface area contributed by atoms with Crippen LogP contribution >= 0.6 is 15.9 Å². The number of hydrogen-bond acceptors (Lipinski definition) is 5. The molecule has 1 fully saturated rings. The Hall–Kier alpha value is -0.925. The van der Waals surface area contributed by atoms with Gasteiger partial charge in [0.2, 0.25) is 0 Å². The molecular weight excluding hydrogens is 435 g/mol. The van der Waals surface area contributed by atoms with Crippen molar-refractivity contribution in [3.05, 3.63) is 33.8 Å². The summed E-state index contributed by atoms with van der Waals surface area (Å²) in [6.45, 7) is 1.73. The van der Waals surface area contributed by atoms with Gasteiger partial charge in [-0.3, -0.25) is 9.69 Å². The summed E-state index contributed by atoms with van der Waals surface area (Å²) in [5, 5.41) is 27.8. The van der Waals surface area contributed by atoms with Gasteiger partial charge in [-0.15, -0.1) is 0 Å².